The fourth-order valence-electron chi connectivity index (χ4n) is 8.06. The largest absolute Gasteiger partial charge is 0.370 e. The average Bonchev–Trinajstić information content (AvgIpc) is 3.93. The number of fused-ring (bicyclic) bond motifs is 2. The molecule has 0 aliphatic carbocycles. The zero-order valence-electron chi connectivity index (χ0n) is 39.1. The maximum Gasteiger partial charge on any atom is 0.245 e. The highest BCUT2D eigenvalue weighted by molar-refractivity contribution is 7.98. The highest BCUT2D eigenvalue weighted by Crippen LogP contribution is 2.22. The Hall–Kier alpha value is -6.86. The van der Waals surface area contributed by atoms with E-state index in [1.165, 1.54) is 23.7 Å². The van der Waals surface area contributed by atoms with Crippen molar-refractivity contribution >= 4 is 75.0 Å². The van der Waals surface area contributed by atoms with Crippen LogP contribution in [0.2, 0.25) is 0 Å². The summed E-state index contributed by atoms with van der Waals surface area (Å²) in [7, 11) is 1.49. The molecule has 364 valence electrons. The lowest BCUT2D eigenvalue weighted by atomic mass is 9.98. The van der Waals surface area contributed by atoms with E-state index in [9.17, 15) is 28.8 Å². The van der Waals surface area contributed by atoms with Crippen molar-refractivity contribution < 1.29 is 28.8 Å². The van der Waals surface area contributed by atoms with E-state index >= 15 is 0 Å². The molecule has 5 aromatic rings. The highest BCUT2D eigenvalue weighted by atomic mass is 32.2. The summed E-state index contributed by atoms with van der Waals surface area (Å²) in [6, 6.07) is 17.5. The molecule has 0 saturated carbocycles. The minimum Gasteiger partial charge on any atom is -0.370 e. The Bertz CT molecular complexity index is 2520. The van der Waals surface area contributed by atoms with Crippen molar-refractivity contribution in [3.8, 4) is 0 Å². The normalized spacial score (nSPS) is 14.0. The Labute approximate surface area is 400 Å². The summed E-state index contributed by atoms with van der Waals surface area (Å²) in [6.45, 7) is 4.06. The number of rotatable bonds is 26. The van der Waals surface area contributed by atoms with Gasteiger partial charge in [-0.2, -0.15) is 11.8 Å². The van der Waals surface area contributed by atoms with Gasteiger partial charge in [0.05, 0.1) is 6.04 Å². The first-order valence-electron chi connectivity index (χ1n) is 22.8. The minimum atomic E-state index is -1.26. The van der Waals surface area contributed by atoms with E-state index in [2.05, 4.69) is 36.2 Å². The van der Waals surface area contributed by atoms with Gasteiger partial charge in [-0.15, -0.1) is 0 Å². The monoisotopic (exact) mass is 950 g/mol. The SMILES string of the molecule is CSCC[C@H](NC(=O)[C@H](CC(C)C)NC(=O)[C@H](Cc1c[nH]c2ccccc12)NC(=O)[C@H](Cc1ccccc1)N(C)C(=O)[C@H](Cc1c[nH]c2ccccc12)NC(=O)[C@@H](N)CCCN=C(N)N)C(N)=O. The van der Waals surface area contributed by atoms with Crippen LogP contribution >= 0.6 is 11.8 Å². The number of nitrogens with one attached hydrogen (secondary N) is 6. The van der Waals surface area contributed by atoms with Crippen molar-refractivity contribution in [2.75, 3.05) is 25.6 Å². The maximum absolute atomic E-state index is 15.0. The van der Waals surface area contributed by atoms with Gasteiger partial charge < -0.3 is 59.1 Å². The van der Waals surface area contributed by atoms with Crippen molar-refractivity contribution in [1.29, 1.82) is 0 Å². The molecule has 0 aliphatic heterocycles. The van der Waals surface area contributed by atoms with Gasteiger partial charge >= 0.3 is 0 Å². The number of benzene rings is 3. The number of primary amides is 1. The molecular weight excluding hydrogens is 885 g/mol. The van der Waals surface area contributed by atoms with Crippen molar-refractivity contribution in [3.05, 3.63) is 108 Å². The first kappa shape index (κ1) is 52.1. The van der Waals surface area contributed by atoms with Crippen LogP contribution in [0.25, 0.3) is 21.8 Å². The first-order valence-corrected chi connectivity index (χ1v) is 24.2. The number of hydrogen-bond donors (Lipinski definition) is 10. The van der Waals surface area contributed by atoms with E-state index < -0.39 is 71.7 Å². The van der Waals surface area contributed by atoms with Gasteiger partial charge in [0, 0.05) is 67.1 Å². The van der Waals surface area contributed by atoms with Gasteiger partial charge in [-0.1, -0.05) is 80.6 Å². The van der Waals surface area contributed by atoms with E-state index in [1.54, 1.807) is 12.4 Å². The Morgan fingerprint density at radius 3 is 1.76 bits per heavy atom. The van der Waals surface area contributed by atoms with E-state index in [0.717, 1.165) is 38.5 Å². The molecular formula is C49H66N12O6S. The maximum atomic E-state index is 15.0. The molecule has 2 heterocycles. The van der Waals surface area contributed by atoms with Gasteiger partial charge in [-0.3, -0.25) is 33.8 Å². The zero-order chi connectivity index (χ0) is 49.3. The van der Waals surface area contributed by atoms with Crippen LogP contribution in [-0.2, 0) is 48.0 Å². The number of aromatic amines is 2. The molecule has 0 unspecified atom stereocenters. The van der Waals surface area contributed by atoms with Gasteiger partial charge in [0.2, 0.25) is 35.4 Å². The second kappa shape index (κ2) is 25.3. The van der Waals surface area contributed by atoms with Gasteiger partial charge in [0.25, 0.3) is 0 Å². The van der Waals surface area contributed by atoms with Crippen molar-refractivity contribution in [3.63, 3.8) is 0 Å². The predicted octanol–water partition coefficient (Wildman–Crippen LogP) is 2.11. The van der Waals surface area contributed by atoms with Crippen molar-refractivity contribution in [2.24, 2.45) is 33.8 Å². The third kappa shape index (κ3) is 14.8. The number of guanidine groups is 1. The zero-order valence-corrected chi connectivity index (χ0v) is 39.9. The van der Waals surface area contributed by atoms with E-state index in [1.807, 2.05) is 99.0 Å². The quantitative estimate of drug-likeness (QED) is 0.0219. The van der Waals surface area contributed by atoms with Crippen LogP contribution in [0.4, 0.5) is 0 Å². The molecule has 68 heavy (non-hydrogen) atoms. The lowest BCUT2D eigenvalue weighted by Gasteiger charge is -2.33. The number of aliphatic imine (C=N–C) groups is 1. The minimum absolute atomic E-state index is 0.00523. The molecule has 0 fully saturated rings. The van der Waals surface area contributed by atoms with Crippen LogP contribution in [0.15, 0.2) is 96.2 Å². The van der Waals surface area contributed by atoms with Gasteiger partial charge in [-0.25, -0.2) is 0 Å². The standard InChI is InChI=1S/C49H66N12O6S/c1-29(2)23-39(45(64)57-38(43(51)62)20-22-68-4)58-46(65)40(25-31-27-55-36-18-10-8-15-33(31)36)59-47(66)42(24-30-13-6-5-7-14-30)61(3)48(67)41(26-32-28-56-37-19-11-9-16-34(32)37)60-44(63)35(50)17-12-21-54-49(52)53/h5-11,13-16,18-19,27-29,35,38-42,55-56H,12,17,20-26,50H2,1-4H3,(H2,51,62)(H,57,64)(H,58,65)(H,59,66)(H,60,63)(H4,52,53,54)/t35-,38-,39-,40-,41-,42-/m0/s1. The summed E-state index contributed by atoms with van der Waals surface area (Å²) in [4.78, 5) is 96.2. The molecule has 6 amide bonds. The third-order valence-corrected chi connectivity index (χ3v) is 12.4. The molecule has 14 N–H and O–H groups in total. The molecule has 6 atom stereocenters. The molecule has 19 heteroatoms. The fourth-order valence-corrected chi connectivity index (χ4v) is 8.53. The second-order valence-corrected chi connectivity index (χ2v) is 18.4. The third-order valence-electron chi connectivity index (χ3n) is 11.8. The number of aromatic nitrogens is 2. The van der Waals surface area contributed by atoms with E-state index in [0.29, 0.717) is 18.6 Å². The van der Waals surface area contributed by atoms with Crippen LogP contribution < -0.4 is 44.2 Å². The molecule has 5 rings (SSSR count). The number of carbonyl (C=O) groups is 6. The van der Waals surface area contributed by atoms with Crippen molar-refractivity contribution in [1.82, 2.24) is 36.1 Å². The topological polar surface area (TPSA) is 302 Å². The van der Waals surface area contributed by atoms with Gasteiger partial charge in [-0.05, 0) is 72.4 Å². The summed E-state index contributed by atoms with van der Waals surface area (Å²) < 4.78 is 0. The summed E-state index contributed by atoms with van der Waals surface area (Å²) in [5, 5.41) is 13.1. The molecule has 3 aromatic carbocycles. The Balaban J connectivity index is 1.48. The highest BCUT2D eigenvalue weighted by Gasteiger charge is 2.37. The Morgan fingerprint density at radius 1 is 0.662 bits per heavy atom. The number of H-pyrrole nitrogens is 2. The average molecular weight is 951 g/mol. The number of thioether (sulfide) groups is 1. The van der Waals surface area contributed by atoms with Crippen LogP contribution in [-0.4, -0.2) is 118 Å². The van der Waals surface area contributed by atoms with Crippen LogP contribution in [0.3, 0.4) is 0 Å². The van der Waals surface area contributed by atoms with Gasteiger partial charge in [0.1, 0.15) is 30.2 Å². The smallest absolute Gasteiger partial charge is 0.245 e. The summed E-state index contributed by atoms with van der Waals surface area (Å²) in [5.74, 6) is -3.32. The first-order chi connectivity index (χ1) is 32.6. The number of nitrogens with zero attached hydrogens (tertiary/aromatic N) is 2. The molecule has 2 aromatic heterocycles. The van der Waals surface area contributed by atoms with Crippen molar-refractivity contribution in [2.45, 2.75) is 95.0 Å². The summed E-state index contributed by atoms with van der Waals surface area (Å²) in [6.07, 6.45) is 6.68. The van der Waals surface area contributed by atoms with Crippen LogP contribution in [0.5, 0.6) is 0 Å². The second-order valence-electron chi connectivity index (χ2n) is 17.4. The summed E-state index contributed by atoms with van der Waals surface area (Å²) >= 11 is 1.50. The molecule has 0 bridgehead atoms. The van der Waals surface area contributed by atoms with Crippen LogP contribution in [0, 0.1) is 5.92 Å². The number of amides is 6. The molecule has 18 nitrogen and oxygen atoms in total. The van der Waals surface area contributed by atoms with E-state index in [-0.39, 0.29) is 50.5 Å². The Morgan fingerprint density at radius 2 is 1.19 bits per heavy atom. The molecule has 0 radical (unpaired) electrons. The number of para-hydroxylation sites is 2. The number of likely N-dealkylation sites (N-methyl/N-ethyl adjacent to an activating group) is 1. The fraction of sp³-hybridized carbons (Fsp3) is 0.408. The Kier molecular flexibility index (Phi) is 19.4. The summed E-state index contributed by atoms with van der Waals surface area (Å²) in [5.41, 5.74) is 26.8. The number of carbonyl (C=O) groups excluding carboxylic acids is 6. The number of nitrogens with two attached hydrogens (primary N) is 4. The van der Waals surface area contributed by atoms with E-state index in [4.69, 9.17) is 22.9 Å². The number of hydrogen-bond acceptors (Lipinski definition) is 9. The van der Waals surface area contributed by atoms with Gasteiger partial charge in [0.15, 0.2) is 5.96 Å². The van der Waals surface area contributed by atoms with Crippen LogP contribution in [0.1, 0.15) is 56.2 Å². The lowest BCUT2D eigenvalue weighted by molar-refractivity contribution is -0.142. The molecule has 0 aliphatic rings. The molecule has 0 saturated heterocycles. The molecule has 0 spiro atoms. The predicted molar refractivity (Wildman–Crippen MR) is 268 cm³/mol. The lowest BCUT2D eigenvalue weighted by Crippen LogP contribution is -2.60.